The van der Waals surface area contributed by atoms with Crippen molar-refractivity contribution in [3.8, 4) is 17.2 Å². The lowest BCUT2D eigenvalue weighted by atomic mass is 9.91. The van der Waals surface area contributed by atoms with Crippen LogP contribution in [0.2, 0.25) is 0 Å². The van der Waals surface area contributed by atoms with Crippen molar-refractivity contribution >= 4 is 23.4 Å². The van der Waals surface area contributed by atoms with Crippen molar-refractivity contribution < 1.29 is 19.0 Å². The van der Waals surface area contributed by atoms with Crippen LogP contribution >= 0.6 is 0 Å². The van der Waals surface area contributed by atoms with Crippen molar-refractivity contribution in [2.75, 3.05) is 51.0 Å². The fraction of sp³-hybridized carbons (Fsp3) is 0.522. The number of aryl methyl sites for hydroxylation is 1. The van der Waals surface area contributed by atoms with Crippen LogP contribution in [0.15, 0.2) is 18.2 Å². The van der Waals surface area contributed by atoms with Crippen molar-refractivity contribution in [3.63, 3.8) is 0 Å². The minimum Gasteiger partial charge on any atom is -0.493 e. The number of hydrogen-bond donors (Lipinski definition) is 3. The Hall–Kier alpha value is -3.43. The Morgan fingerprint density at radius 3 is 2.09 bits per heavy atom. The van der Waals surface area contributed by atoms with Gasteiger partial charge in [0.15, 0.2) is 11.5 Å². The SMILES string of the molecule is COc1cc(NC(=O)N[C@H]2CC[C@@H](Nc3cc(N(C)C)nc(C)n3)CC2)cc(OC)c1OC. The number of nitrogens with one attached hydrogen (secondary N) is 3. The minimum absolute atomic E-state index is 0.106. The van der Waals surface area contributed by atoms with Crippen LogP contribution in [0.5, 0.6) is 17.2 Å². The highest BCUT2D eigenvalue weighted by Crippen LogP contribution is 2.39. The summed E-state index contributed by atoms with van der Waals surface area (Å²) in [6.07, 6.45) is 3.64. The number of aromatic nitrogens is 2. The molecule has 2 amide bonds. The van der Waals surface area contributed by atoms with E-state index in [1.54, 1.807) is 19.2 Å². The third-order valence-electron chi connectivity index (χ3n) is 5.62. The van der Waals surface area contributed by atoms with Crippen molar-refractivity contribution in [3.05, 3.63) is 24.0 Å². The van der Waals surface area contributed by atoms with Gasteiger partial charge >= 0.3 is 6.03 Å². The summed E-state index contributed by atoms with van der Waals surface area (Å²) in [5.74, 6) is 3.90. The van der Waals surface area contributed by atoms with Crippen molar-refractivity contribution in [2.24, 2.45) is 0 Å². The normalized spacial score (nSPS) is 17.6. The second-order valence-electron chi connectivity index (χ2n) is 8.26. The van der Waals surface area contributed by atoms with Crippen molar-refractivity contribution in [1.29, 1.82) is 0 Å². The molecule has 10 heteroatoms. The summed E-state index contributed by atoms with van der Waals surface area (Å²) in [4.78, 5) is 23.5. The zero-order chi connectivity index (χ0) is 24.0. The van der Waals surface area contributed by atoms with Crippen LogP contribution in [-0.4, -0.2) is 63.5 Å². The zero-order valence-electron chi connectivity index (χ0n) is 20.2. The van der Waals surface area contributed by atoms with E-state index in [1.165, 1.54) is 14.2 Å². The molecular weight excluding hydrogens is 424 g/mol. The number of anilines is 3. The maximum absolute atomic E-state index is 12.6. The number of methoxy groups -OCH3 is 3. The molecule has 10 nitrogen and oxygen atoms in total. The van der Waals surface area contributed by atoms with Crippen LogP contribution in [0, 0.1) is 6.92 Å². The highest BCUT2D eigenvalue weighted by atomic mass is 16.5. The first-order chi connectivity index (χ1) is 15.8. The van der Waals surface area contributed by atoms with Gasteiger partial charge in [0.2, 0.25) is 5.75 Å². The second kappa shape index (κ2) is 10.9. The van der Waals surface area contributed by atoms with Gasteiger partial charge in [0.1, 0.15) is 17.5 Å². The highest BCUT2D eigenvalue weighted by molar-refractivity contribution is 5.90. The Morgan fingerprint density at radius 2 is 1.55 bits per heavy atom. The lowest BCUT2D eigenvalue weighted by Gasteiger charge is -2.30. The molecule has 0 saturated heterocycles. The number of carbonyl (C=O) groups excluding carboxylic acids is 1. The molecule has 1 fully saturated rings. The van der Waals surface area contributed by atoms with Crippen LogP contribution in [0.4, 0.5) is 22.1 Å². The van der Waals surface area contributed by atoms with E-state index < -0.39 is 0 Å². The van der Waals surface area contributed by atoms with Gasteiger partial charge in [-0.2, -0.15) is 0 Å². The summed E-state index contributed by atoms with van der Waals surface area (Å²) in [6.45, 7) is 1.89. The summed E-state index contributed by atoms with van der Waals surface area (Å²) in [5, 5.41) is 9.45. The first-order valence-corrected chi connectivity index (χ1v) is 11.0. The first kappa shape index (κ1) is 24.2. The van der Waals surface area contributed by atoms with Gasteiger partial charge in [0.05, 0.1) is 27.0 Å². The summed E-state index contributed by atoms with van der Waals surface area (Å²) in [6, 6.07) is 5.52. The molecule has 1 aliphatic rings. The lowest BCUT2D eigenvalue weighted by molar-refractivity contribution is 0.243. The van der Waals surface area contributed by atoms with Crippen LogP contribution in [0.3, 0.4) is 0 Å². The average molecular weight is 459 g/mol. The molecule has 2 aromatic rings. The number of carbonyl (C=O) groups is 1. The van der Waals surface area contributed by atoms with Gasteiger partial charge in [-0.1, -0.05) is 0 Å². The monoisotopic (exact) mass is 458 g/mol. The van der Waals surface area contributed by atoms with Crippen LogP contribution < -0.4 is 35.1 Å². The summed E-state index contributed by atoms with van der Waals surface area (Å²) in [5.41, 5.74) is 0.563. The Kier molecular flexibility index (Phi) is 8.02. The largest absolute Gasteiger partial charge is 0.493 e. The number of nitrogens with zero attached hydrogens (tertiary/aromatic N) is 3. The number of ether oxygens (including phenoxy) is 3. The standard InChI is InChI=1S/C23H34N6O4/c1-14-24-20(13-21(25-14)29(2)3)26-15-7-9-16(10-8-15)27-23(30)28-17-11-18(31-4)22(33-6)19(12-17)32-5/h11-13,15-16H,7-10H2,1-6H3,(H,24,25,26)(H2,27,28,30)/t15-,16+. The highest BCUT2D eigenvalue weighted by Gasteiger charge is 2.23. The van der Waals surface area contributed by atoms with Gasteiger partial charge in [0, 0.05) is 44.4 Å². The van der Waals surface area contributed by atoms with Crippen LogP contribution in [-0.2, 0) is 0 Å². The Balaban J connectivity index is 1.53. The third kappa shape index (κ3) is 6.30. The van der Waals surface area contributed by atoms with Crippen LogP contribution in [0.25, 0.3) is 0 Å². The molecule has 1 aliphatic carbocycles. The molecule has 1 heterocycles. The zero-order valence-corrected chi connectivity index (χ0v) is 20.2. The van der Waals surface area contributed by atoms with E-state index in [0.717, 1.165) is 43.1 Å². The van der Waals surface area contributed by atoms with Gasteiger partial charge in [0.25, 0.3) is 0 Å². The molecule has 180 valence electrons. The fourth-order valence-electron chi connectivity index (χ4n) is 3.95. The summed E-state index contributed by atoms with van der Waals surface area (Å²) < 4.78 is 16.0. The number of hydrogen-bond acceptors (Lipinski definition) is 8. The molecule has 0 unspecified atom stereocenters. The molecule has 3 rings (SSSR count). The number of rotatable bonds is 8. The van der Waals surface area contributed by atoms with E-state index >= 15 is 0 Å². The van der Waals surface area contributed by atoms with Gasteiger partial charge in [-0.25, -0.2) is 14.8 Å². The van der Waals surface area contributed by atoms with E-state index in [0.29, 0.717) is 29.0 Å². The molecule has 3 N–H and O–H groups in total. The van der Waals surface area contributed by atoms with Gasteiger partial charge < -0.3 is 35.1 Å². The van der Waals surface area contributed by atoms with Gasteiger partial charge in [-0.3, -0.25) is 0 Å². The van der Waals surface area contributed by atoms with E-state index in [2.05, 4.69) is 25.9 Å². The fourth-order valence-corrected chi connectivity index (χ4v) is 3.95. The maximum atomic E-state index is 12.6. The average Bonchev–Trinajstić information content (AvgIpc) is 2.79. The summed E-state index contributed by atoms with van der Waals surface area (Å²) in [7, 11) is 8.55. The molecule has 1 aromatic heterocycles. The van der Waals surface area contributed by atoms with Crippen molar-refractivity contribution in [1.82, 2.24) is 15.3 Å². The van der Waals surface area contributed by atoms with Crippen molar-refractivity contribution in [2.45, 2.75) is 44.7 Å². The maximum Gasteiger partial charge on any atom is 0.319 e. The Labute approximate surface area is 195 Å². The minimum atomic E-state index is -0.261. The number of benzene rings is 1. The Morgan fingerprint density at radius 1 is 0.939 bits per heavy atom. The smallest absolute Gasteiger partial charge is 0.319 e. The predicted octanol–water partition coefficient (Wildman–Crippen LogP) is 3.42. The van der Waals surface area contributed by atoms with E-state index in [9.17, 15) is 4.79 Å². The molecule has 0 radical (unpaired) electrons. The Bertz CT molecular complexity index is 935. The van der Waals surface area contributed by atoms with Crippen LogP contribution in [0.1, 0.15) is 31.5 Å². The lowest BCUT2D eigenvalue weighted by Crippen LogP contribution is -2.42. The molecule has 0 aliphatic heterocycles. The quantitative estimate of drug-likeness (QED) is 0.552. The van der Waals surface area contributed by atoms with E-state index in [4.69, 9.17) is 14.2 Å². The topological polar surface area (TPSA) is 110 Å². The number of urea groups is 1. The molecule has 33 heavy (non-hydrogen) atoms. The van der Waals surface area contributed by atoms with Gasteiger partial charge in [-0.05, 0) is 32.6 Å². The summed E-state index contributed by atoms with van der Waals surface area (Å²) >= 11 is 0. The first-order valence-electron chi connectivity index (χ1n) is 11.0. The molecule has 0 bridgehead atoms. The predicted molar refractivity (Wildman–Crippen MR) is 129 cm³/mol. The molecule has 0 atom stereocenters. The molecule has 0 spiro atoms. The van der Waals surface area contributed by atoms with Gasteiger partial charge in [-0.15, -0.1) is 0 Å². The molecule has 1 saturated carbocycles. The molecule has 1 aromatic carbocycles. The van der Waals surface area contributed by atoms with E-state index in [1.807, 2.05) is 32.0 Å². The van der Waals surface area contributed by atoms with E-state index in [-0.39, 0.29) is 12.1 Å². The third-order valence-corrected chi connectivity index (χ3v) is 5.62. The molecular formula is C23H34N6O4. The number of amides is 2. The second-order valence-corrected chi connectivity index (χ2v) is 8.26.